The van der Waals surface area contributed by atoms with Gasteiger partial charge in [-0.3, -0.25) is 24.0 Å². The summed E-state index contributed by atoms with van der Waals surface area (Å²) in [6.45, 7) is -10.0. The highest BCUT2D eigenvalue weighted by molar-refractivity contribution is 5.75. The van der Waals surface area contributed by atoms with Crippen LogP contribution in [0.5, 0.6) is 0 Å². The lowest BCUT2D eigenvalue weighted by Crippen LogP contribution is -2.71. The van der Waals surface area contributed by atoms with Gasteiger partial charge in [-0.05, 0) is 0 Å². The molecule has 0 saturated carbocycles. The van der Waals surface area contributed by atoms with E-state index in [9.17, 15) is 192 Å². The third-order valence-electron chi connectivity index (χ3n) is 27.1. The van der Waals surface area contributed by atoms with Crippen LogP contribution in [-0.2, 0) is 133 Å². The van der Waals surface area contributed by atoms with E-state index >= 15 is 0 Å². The van der Waals surface area contributed by atoms with Crippen molar-refractivity contribution in [3.8, 4) is 0 Å². The molecule has 5 amide bonds. The third kappa shape index (κ3) is 26.7. The van der Waals surface area contributed by atoms with Crippen LogP contribution in [0.2, 0.25) is 0 Å². The third-order valence-corrected chi connectivity index (χ3v) is 27.1. The summed E-state index contributed by atoms with van der Waals surface area (Å²) in [5.74, 6) is -5.08. The Hall–Kier alpha value is -4.89. The molecule has 12 saturated heterocycles. The number of aliphatic hydroxyl groups excluding tert-OH is 33. The van der Waals surface area contributed by atoms with Crippen LogP contribution in [0.25, 0.3) is 0 Å². The maximum absolute atomic E-state index is 13.5. The van der Waals surface area contributed by atoms with Crippen molar-refractivity contribution in [2.75, 3.05) is 79.3 Å². The molecule has 0 aliphatic carbocycles. The number of carbonyl (C=O) groups excluding carboxylic acids is 5. The molecule has 12 fully saturated rings. The smallest absolute Gasteiger partial charge is 0.217 e. The van der Waals surface area contributed by atoms with Gasteiger partial charge in [0, 0.05) is 34.6 Å². The van der Waals surface area contributed by atoms with Crippen molar-refractivity contribution >= 4 is 29.5 Å². The van der Waals surface area contributed by atoms with Crippen molar-refractivity contribution in [1.29, 1.82) is 0 Å². The first-order chi connectivity index (χ1) is 70.1. The summed E-state index contributed by atoms with van der Waals surface area (Å²) in [4.78, 5) is 65.8. The number of hydrogen-bond donors (Lipinski definition) is 38. The SMILES string of the molecule is CC(=O)N[C@@H]1[C@@H](O)[C@H](O[C@@H]2O[C@H](CO)[C@@H](O[C@@H]3O[C@H](CO[C@H]4O[C@H](CO)[C@@H](O)[C@H](O)[C@@H]4O[C@@H]4O[C@H](CO)[C@@H](O[C@@H]5O[C@H](CO)[C@H](O[C@@H]6O[C@H](CO)[C@H](O)[C@H](O)[C@H]6O)[C@H](O)[C@H]5O)[C@H](O)[C@H]4NC(C)=O)[C@@H](O[C@@H]4O[C@H](CO)[C@@H](O)[C@H](O)[C@H]4NC(C)=O)[C@H](O[C@H]4O[C@H](CO)[C@@H](O)[C@H](O)[C@@H]4O[C@@H]4O[C@H](CO)[C@@H](O[C@@H]5O[C@H](CO)[C@H](O[C@@H]6O[C@H](CO)[C@H](O)[C@H](O)[C@H]6O)[C@H](O)[C@H]5O)[C@H](O)[C@H]4NC(C)=O)[C@@H]3O)[C@H](O)[C@H]2NC(C)=O)[C@@H](CO)O[C@H]1O. The minimum atomic E-state index is -2.85. The Balaban J connectivity index is 0.918. The van der Waals surface area contributed by atoms with Gasteiger partial charge in [0.15, 0.2) is 75.5 Å². The van der Waals surface area contributed by atoms with Crippen LogP contribution in [-0.4, -0.2) is 645 Å². The Morgan fingerprint density at radius 2 is 0.372 bits per heavy atom. The highest BCUT2D eigenvalue weighted by atomic mass is 16.8. The minimum absolute atomic E-state index is 0.850. The normalized spacial score (nSPS) is 49.3. The Bertz CT molecular complexity index is 4130. The van der Waals surface area contributed by atoms with E-state index in [4.69, 9.17) is 109 Å². The quantitative estimate of drug-likeness (QED) is 0.0272. The topological polar surface area (TPSA) is 1030 Å². The molecule has 0 radical (unpaired) electrons. The average molecular weight is 2170 g/mol. The molecule has 12 aliphatic rings. The molecule has 66 heteroatoms. The van der Waals surface area contributed by atoms with Gasteiger partial charge in [0.25, 0.3) is 0 Å². The Kier molecular flexibility index (Phi) is 43.9. The second-order valence-electron chi connectivity index (χ2n) is 37.3. The van der Waals surface area contributed by atoms with Gasteiger partial charge in [0.1, 0.15) is 293 Å². The molecule has 0 aromatic rings. The first kappa shape index (κ1) is 122. The molecule has 0 aromatic heterocycles. The van der Waals surface area contributed by atoms with E-state index in [1.54, 1.807) is 0 Å². The van der Waals surface area contributed by atoms with Crippen LogP contribution >= 0.6 is 0 Å². The summed E-state index contributed by atoms with van der Waals surface area (Å²) in [5, 5.41) is 385. The molecule has 38 N–H and O–H groups in total. The van der Waals surface area contributed by atoms with Crippen molar-refractivity contribution < 1.29 is 301 Å². The molecular formula is C82H137N5O61. The van der Waals surface area contributed by atoms with Crippen molar-refractivity contribution in [3.63, 3.8) is 0 Å². The van der Waals surface area contributed by atoms with Crippen LogP contribution in [0.3, 0.4) is 0 Å². The monoisotopic (exact) mass is 2170 g/mol. The average Bonchev–Trinajstić information content (AvgIpc) is 0.755. The fourth-order valence-corrected chi connectivity index (χ4v) is 19.3. The molecule has 0 aromatic carbocycles. The Morgan fingerprint density at radius 1 is 0.176 bits per heavy atom. The van der Waals surface area contributed by atoms with E-state index in [0.29, 0.717) is 0 Å². The van der Waals surface area contributed by atoms with Gasteiger partial charge in [0.2, 0.25) is 29.5 Å². The maximum Gasteiger partial charge on any atom is 0.217 e. The lowest BCUT2D eigenvalue weighted by molar-refractivity contribution is -0.409. The van der Waals surface area contributed by atoms with Gasteiger partial charge in [0.05, 0.1) is 79.3 Å². The van der Waals surface area contributed by atoms with Crippen LogP contribution in [0.4, 0.5) is 0 Å². The van der Waals surface area contributed by atoms with Crippen LogP contribution in [0.15, 0.2) is 0 Å². The Labute approximate surface area is 837 Å². The molecule has 12 heterocycles. The van der Waals surface area contributed by atoms with Gasteiger partial charge in [-0.1, -0.05) is 0 Å². The zero-order chi connectivity index (χ0) is 109. The number of carbonyl (C=O) groups is 5. The molecule has 0 bridgehead atoms. The number of ether oxygens (including phenoxy) is 23. The predicted molar refractivity (Wildman–Crippen MR) is 453 cm³/mol. The second-order valence-corrected chi connectivity index (χ2v) is 37.3. The molecular weight excluding hydrogens is 2030 g/mol. The fraction of sp³-hybridized carbons (Fsp3) is 0.939. The van der Waals surface area contributed by atoms with Gasteiger partial charge < -0.3 is 304 Å². The summed E-state index contributed by atoms with van der Waals surface area (Å²) in [7, 11) is 0. The highest BCUT2D eigenvalue weighted by Crippen LogP contribution is 2.44. The predicted octanol–water partition coefficient (Wildman–Crippen LogP) is -26.4. The molecule has 12 rings (SSSR count). The van der Waals surface area contributed by atoms with Crippen molar-refractivity contribution in [3.05, 3.63) is 0 Å². The molecule has 12 aliphatic heterocycles. The van der Waals surface area contributed by atoms with E-state index in [-0.39, 0.29) is 0 Å². The lowest BCUT2D eigenvalue weighted by Gasteiger charge is -2.52. The summed E-state index contributed by atoms with van der Waals surface area (Å²) in [6.07, 6.45) is -122. The highest BCUT2D eigenvalue weighted by Gasteiger charge is 2.65. The van der Waals surface area contributed by atoms with Gasteiger partial charge in [-0.25, -0.2) is 0 Å². The van der Waals surface area contributed by atoms with E-state index in [1.807, 2.05) is 0 Å². The van der Waals surface area contributed by atoms with E-state index in [1.165, 1.54) is 0 Å². The number of hydrogen-bond acceptors (Lipinski definition) is 61. The van der Waals surface area contributed by atoms with Gasteiger partial charge in [-0.2, -0.15) is 0 Å². The summed E-state index contributed by atoms with van der Waals surface area (Å²) < 4.78 is 139. The molecule has 148 heavy (non-hydrogen) atoms. The molecule has 0 spiro atoms. The van der Waals surface area contributed by atoms with Crippen molar-refractivity contribution in [2.45, 2.75) is 403 Å². The molecule has 856 valence electrons. The van der Waals surface area contributed by atoms with Gasteiger partial charge in [-0.15, -0.1) is 0 Å². The first-order valence-electron chi connectivity index (χ1n) is 47.2. The molecule has 0 unspecified atom stereocenters. The zero-order valence-corrected chi connectivity index (χ0v) is 79.3. The molecule has 60 atom stereocenters. The lowest BCUT2D eigenvalue weighted by atomic mass is 9.93. The number of nitrogens with one attached hydrogen (secondary N) is 5. The summed E-state index contributed by atoms with van der Waals surface area (Å²) in [6, 6.07) is -10.2. The van der Waals surface area contributed by atoms with E-state index in [2.05, 4.69) is 26.6 Å². The Morgan fingerprint density at radius 3 is 0.696 bits per heavy atom. The summed E-state index contributed by atoms with van der Waals surface area (Å²) in [5.41, 5.74) is 0. The van der Waals surface area contributed by atoms with Crippen molar-refractivity contribution in [1.82, 2.24) is 26.6 Å². The minimum Gasteiger partial charge on any atom is -0.394 e. The van der Waals surface area contributed by atoms with Crippen molar-refractivity contribution in [2.24, 2.45) is 0 Å². The largest absolute Gasteiger partial charge is 0.394 e. The number of amides is 5. The van der Waals surface area contributed by atoms with Gasteiger partial charge >= 0.3 is 0 Å². The first-order valence-corrected chi connectivity index (χ1v) is 47.2. The maximum atomic E-state index is 13.5. The standard InChI is InChI=1S/C82H137N5O61/c1-18(99)83-35-46(110)61(28(11-93)127-71(35)125)139-73-37(85-20(3)101)47(111)64(31(14-96)133-73)142-80-60(124)68(146-82-70(53(117)44(108)27(10-92)132-82)148-75-39(87-22(5)103)49(113)63(30(13-95)135-75)141-79-59(123)55(119)66(33(16-98)137-79)144-77-57(121)51(115)42(106)25(8-90)130-77)67(145-72-36(84-19(2)100)45(109)40(104)23(6-88)128-72)34(138-80)17-126-81-69(52(116)43(107)26(9-91)131-81)147-74-38(86-21(4)102)48(112)62(29(12-94)134-74)140-78-58(122)54(118)65(32(15-97)136-78)143-76-56(120)50(114)41(105)24(7-89)129-76/h23-82,88-98,104-125H,6-17H2,1-5H3,(H,83,99)(H,84,100)(H,85,101)(H,86,102)(H,87,103)/t23-,24-,25-,26-,27-,28-,29-,30-,31-,32-,33-,34-,35-,36-,37-,38-,39-,40-,41+,42+,43-,44-,45-,46-,47-,48-,49-,50+,51+,52+,53+,54-,55-,56-,57-,58-,59-,60+,61-,62-,63-,64-,65+,66+,67-,68-,69+,70+,71-,72+,73+,74+,75+,76+,77+,78+,79+,80+,81+,82-/m1/s1. The zero-order valence-electron chi connectivity index (χ0n) is 79.3. The number of rotatable bonds is 39. The van der Waals surface area contributed by atoms with Crippen LogP contribution < -0.4 is 26.6 Å². The van der Waals surface area contributed by atoms with E-state index in [0.717, 1.165) is 34.6 Å². The molecule has 66 nitrogen and oxygen atoms in total. The van der Waals surface area contributed by atoms with Crippen LogP contribution in [0.1, 0.15) is 34.6 Å². The second kappa shape index (κ2) is 53.4. The fourth-order valence-electron chi connectivity index (χ4n) is 19.3. The number of aliphatic hydroxyl groups is 33. The van der Waals surface area contributed by atoms with E-state index < -0.39 is 477 Å². The summed E-state index contributed by atoms with van der Waals surface area (Å²) >= 11 is 0. The van der Waals surface area contributed by atoms with Crippen LogP contribution in [0, 0.1) is 0 Å².